The van der Waals surface area contributed by atoms with Gasteiger partial charge in [-0.15, -0.1) is 11.8 Å². The summed E-state index contributed by atoms with van der Waals surface area (Å²) in [4.78, 5) is 57.8. The number of nitrogens with zero attached hydrogens (tertiary/aromatic N) is 2. The van der Waals surface area contributed by atoms with E-state index in [0.29, 0.717) is 25.4 Å². The second-order valence-electron chi connectivity index (χ2n) is 10.3. The summed E-state index contributed by atoms with van der Waals surface area (Å²) in [6, 6.07) is 6.37. The second kappa shape index (κ2) is 12.5. The number of carboxylic acids is 2. The highest BCUT2D eigenvalue weighted by atomic mass is 32.2. The Hall–Kier alpha value is -2.31. The van der Waals surface area contributed by atoms with Gasteiger partial charge in [0.25, 0.3) is 0 Å². The van der Waals surface area contributed by atoms with E-state index in [1.165, 1.54) is 17.0 Å². The third-order valence-corrected chi connectivity index (χ3v) is 8.38. The number of thioether (sulfide) groups is 1. The van der Waals surface area contributed by atoms with Crippen LogP contribution in [0.15, 0.2) is 30.3 Å². The molecule has 2 heterocycles. The van der Waals surface area contributed by atoms with Gasteiger partial charge in [0.2, 0.25) is 5.54 Å². The highest BCUT2D eigenvalue weighted by Gasteiger charge is 2.65. The molecule has 0 radical (unpaired) electrons. The van der Waals surface area contributed by atoms with Crippen molar-refractivity contribution in [3.8, 4) is 0 Å². The van der Waals surface area contributed by atoms with E-state index in [2.05, 4.69) is 5.32 Å². The first-order valence-corrected chi connectivity index (χ1v) is 13.8. The van der Waals surface area contributed by atoms with E-state index in [-0.39, 0.29) is 18.2 Å². The zero-order chi connectivity index (χ0) is 27.3. The molecule has 0 saturated carbocycles. The molecule has 5 atom stereocenters. The van der Waals surface area contributed by atoms with Crippen LogP contribution in [0.2, 0.25) is 0 Å². The molecular formula is C26H38N4O6S. The van der Waals surface area contributed by atoms with Gasteiger partial charge in [-0.25, -0.2) is 4.79 Å². The maximum absolute atomic E-state index is 14.3. The highest BCUT2D eigenvalue weighted by molar-refractivity contribution is 7.99. The van der Waals surface area contributed by atoms with Crippen LogP contribution < -0.4 is 11.1 Å². The van der Waals surface area contributed by atoms with Crippen LogP contribution in [-0.4, -0.2) is 92.7 Å². The van der Waals surface area contributed by atoms with E-state index in [4.69, 9.17) is 5.73 Å². The summed E-state index contributed by atoms with van der Waals surface area (Å²) in [6.45, 7) is 6.60. The normalized spacial score (nSPS) is 23.9. The summed E-state index contributed by atoms with van der Waals surface area (Å²) in [5, 5.41) is 24.7. The van der Waals surface area contributed by atoms with Crippen molar-refractivity contribution in [3.05, 3.63) is 35.9 Å². The first-order chi connectivity index (χ1) is 17.5. The van der Waals surface area contributed by atoms with E-state index >= 15 is 0 Å². The Labute approximate surface area is 221 Å². The molecule has 0 aromatic heterocycles. The quantitative estimate of drug-likeness (QED) is 0.228. The Morgan fingerprint density at radius 1 is 1.22 bits per heavy atom. The zero-order valence-electron chi connectivity index (χ0n) is 21.6. The SMILES string of the molecule is CC1CCNC(N(CN2CCSC2)[C@@](C(=O)O)(C(=O)[C@@H](N)C(C)C)C(C(=O)O)C(=O)c2ccccc2)C1. The molecule has 37 heavy (non-hydrogen) atoms. The average molecular weight is 535 g/mol. The molecule has 1 aromatic rings. The van der Waals surface area contributed by atoms with Gasteiger partial charge >= 0.3 is 11.9 Å². The Morgan fingerprint density at radius 2 is 1.89 bits per heavy atom. The lowest BCUT2D eigenvalue weighted by molar-refractivity contribution is -0.176. The molecule has 2 aliphatic rings. The molecule has 0 bridgehead atoms. The maximum Gasteiger partial charge on any atom is 0.333 e. The molecule has 3 unspecified atom stereocenters. The van der Waals surface area contributed by atoms with Gasteiger partial charge in [-0.3, -0.25) is 24.2 Å². The van der Waals surface area contributed by atoms with Crippen molar-refractivity contribution in [1.82, 2.24) is 15.1 Å². The largest absolute Gasteiger partial charge is 0.481 e. The second-order valence-corrected chi connectivity index (χ2v) is 11.4. The number of carbonyl (C=O) groups is 4. The fourth-order valence-electron chi connectivity index (χ4n) is 5.16. The van der Waals surface area contributed by atoms with Gasteiger partial charge in [0, 0.05) is 23.7 Å². The minimum Gasteiger partial charge on any atom is -0.481 e. The van der Waals surface area contributed by atoms with Crippen molar-refractivity contribution < 1.29 is 29.4 Å². The fourth-order valence-corrected chi connectivity index (χ4v) is 6.14. The van der Waals surface area contributed by atoms with Gasteiger partial charge in [-0.05, 0) is 31.2 Å². The maximum atomic E-state index is 14.3. The van der Waals surface area contributed by atoms with Crippen molar-refractivity contribution in [1.29, 1.82) is 0 Å². The van der Waals surface area contributed by atoms with Crippen LogP contribution in [0.25, 0.3) is 0 Å². The lowest BCUT2D eigenvalue weighted by Gasteiger charge is -2.50. The van der Waals surface area contributed by atoms with E-state index in [1.54, 1.807) is 43.8 Å². The fraction of sp³-hybridized carbons (Fsp3) is 0.615. The molecule has 204 valence electrons. The van der Waals surface area contributed by atoms with Gasteiger partial charge in [-0.2, -0.15) is 0 Å². The average Bonchev–Trinajstić information content (AvgIpc) is 3.38. The lowest BCUT2D eigenvalue weighted by Crippen LogP contribution is -2.76. The van der Waals surface area contributed by atoms with Gasteiger partial charge in [0.15, 0.2) is 17.5 Å². The predicted octanol–water partition coefficient (Wildman–Crippen LogP) is 1.56. The highest BCUT2D eigenvalue weighted by Crippen LogP contribution is 2.37. The van der Waals surface area contributed by atoms with Crippen LogP contribution in [0.3, 0.4) is 0 Å². The summed E-state index contributed by atoms with van der Waals surface area (Å²) < 4.78 is 0. The van der Waals surface area contributed by atoms with E-state index in [0.717, 1.165) is 12.2 Å². The minimum atomic E-state index is -2.73. The van der Waals surface area contributed by atoms with E-state index in [1.807, 2.05) is 11.8 Å². The van der Waals surface area contributed by atoms with Crippen LogP contribution in [0.4, 0.5) is 0 Å². The molecule has 3 rings (SSSR count). The van der Waals surface area contributed by atoms with Crippen molar-refractivity contribution >= 4 is 35.3 Å². The summed E-state index contributed by atoms with van der Waals surface area (Å²) >= 11 is 1.67. The molecule has 10 nitrogen and oxygen atoms in total. The number of Topliss-reactive ketones (excluding diaryl/α,β-unsaturated/α-hetero) is 2. The van der Waals surface area contributed by atoms with E-state index < -0.39 is 53.1 Å². The van der Waals surface area contributed by atoms with Crippen molar-refractivity contribution in [3.63, 3.8) is 0 Å². The number of aliphatic carboxylic acids is 2. The van der Waals surface area contributed by atoms with Crippen LogP contribution in [0.5, 0.6) is 0 Å². The molecule has 1 aromatic carbocycles. The molecular weight excluding hydrogens is 496 g/mol. The number of ketones is 2. The van der Waals surface area contributed by atoms with Crippen molar-refractivity contribution in [2.75, 3.05) is 31.4 Å². The van der Waals surface area contributed by atoms with Crippen LogP contribution in [0.1, 0.15) is 44.0 Å². The lowest BCUT2D eigenvalue weighted by atomic mass is 9.71. The Bertz CT molecular complexity index is 987. The summed E-state index contributed by atoms with van der Waals surface area (Å²) in [5.41, 5.74) is 3.57. The van der Waals surface area contributed by atoms with Gasteiger partial charge in [0.1, 0.15) is 0 Å². The van der Waals surface area contributed by atoms with Crippen molar-refractivity contribution in [2.45, 2.75) is 51.4 Å². The summed E-state index contributed by atoms with van der Waals surface area (Å²) in [5.74, 6) is -6.33. The first kappa shape index (κ1) is 29.2. The standard InChI is InChI=1S/C26H38N4O6S/c1-16(2)21(27)23(32)26(25(35)36,20(24(33)34)22(31)18-7-5-4-6-8-18)30(14-29-11-12-37-15-29)19-13-17(3)9-10-28-19/h4-8,16-17,19-21,28H,9-15,27H2,1-3H3,(H,33,34)(H,35,36)/t17?,19?,20?,21-,26+/m0/s1. The number of hydrogen-bond donors (Lipinski definition) is 4. The number of nitrogens with two attached hydrogens (primary N) is 1. The Balaban J connectivity index is 2.29. The van der Waals surface area contributed by atoms with Gasteiger partial charge in [-0.1, -0.05) is 51.1 Å². The number of piperidine rings is 1. The van der Waals surface area contributed by atoms with Crippen LogP contribution in [0, 0.1) is 17.8 Å². The summed E-state index contributed by atoms with van der Waals surface area (Å²) in [6.07, 6.45) is 0.708. The topological polar surface area (TPSA) is 153 Å². The number of hydrogen-bond acceptors (Lipinski definition) is 9. The first-order valence-electron chi connectivity index (χ1n) is 12.7. The minimum absolute atomic E-state index is 0.00604. The molecule has 2 saturated heterocycles. The Morgan fingerprint density at radius 3 is 2.41 bits per heavy atom. The van der Waals surface area contributed by atoms with Crippen molar-refractivity contribution in [2.24, 2.45) is 23.5 Å². The van der Waals surface area contributed by atoms with E-state index in [9.17, 15) is 29.4 Å². The monoisotopic (exact) mass is 534 g/mol. The summed E-state index contributed by atoms with van der Waals surface area (Å²) in [7, 11) is 0. The third kappa shape index (κ3) is 6.06. The third-order valence-electron chi connectivity index (χ3n) is 7.36. The number of carboxylic acid groups (broad SMARTS) is 2. The number of rotatable bonds is 12. The number of carbonyl (C=O) groups excluding carboxylic acids is 2. The molecule has 11 heteroatoms. The molecule has 0 spiro atoms. The van der Waals surface area contributed by atoms with Crippen LogP contribution in [-0.2, 0) is 14.4 Å². The zero-order valence-corrected chi connectivity index (χ0v) is 22.4. The van der Waals surface area contributed by atoms with Crippen LogP contribution >= 0.6 is 11.8 Å². The Kier molecular flexibility index (Phi) is 9.87. The van der Waals surface area contributed by atoms with Gasteiger partial charge in [0.05, 0.1) is 18.9 Å². The smallest absolute Gasteiger partial charge is 0.333 e. The van der Waals surface area contributed by atoms with Gasteiger partial charge < -0.3 is 21.3 Å². The molecule has 5 N–H and O–H groups in total. The molecule has 0 amide bonds. The predicted molar refractivity (Wildman–Crippen MR) is 141 cm³/mol. The molecule has 2 aliphatic heterocycles. The number of nitrogens with one attached hydrogen (secondary N) is 1. The number of benzene rings is 1. The molecule has 2 fully saturated rings. The molecule has 0 aliphatic carbocycles.